The summed E-state index contributed by atoms with van der Waals surface area (Å²) in [6.07, 6.45) is 5.61. The molecule has 2 rings (SSSR count). The monoisotopic (exact) mass is 175 g/mol. The van der Waals surface area contributed by atoms with Crippen LogP contribution in [0, 0.1) is 0 Å². The van der Waals surface area contributed by atoms with Crippen molar-refractivity contribution in [3.8, 4) is 0 Å². The van der Waals surface area contributed by atoms with Crippen LogP contribution in [0.25, 0.3) is 0 Å². The zero-order valence-corrected chi connectivity index (χ0v) is 8.22. The van der Waals surface area contributed by atoms with E-state index >= 15 is 0 Å². The van der Waals surface area contributed by atoms with E-state index in [0.29, 0.717) is 0 Å². The van der Waals surface area contributed by atoms with E-state index < -0.39 is 0 Å². The van der Waals surface area contributed by atoms with Gasteiger partial charge in [-0.05, 0) is 36.5 Å². The van der Waals surface area contributed by atoms with Crippen molar-refractivity contribution in [2.24, 2.45) is 0 Å². The molecule has 1 aromatic carbocycles. The molecule has 0 saturated heterocycles. The van der Waals surface area contributed by atoms with Crippen molar-refractivity contribution in [1.29, 1.82) is 0 Å². The van der Waals surface area contributed by atoms with E-state index in [1.807, 2.05) is 7.05 Å². The van der Waals surface area contributed by atoms with Crippen molar-refractivity contribution in [3.05, 3.63) is 29.8 Å². The molecule has 0 atom stereocenters. The maximum Gasteiger partial charge on any atom is 0.0337 e. The largest absolute Gasteiger partial charge is 0.388 e. The van der Waals surface area contributed by atoms with Gasteiger partial charge < -0.3 is 5.32 Å². The Morgan fingerprint density at radius 1 is 1.08 bits per heavy atom. The Kier molecular flexibility index (Phi) is 2.53. The molecule has 0 aromatic heterocycles. The van der Waals surface area contributed by atoms with Crippen molar-refractivity contribution in [2.75, 3.05) is 12.4 Å². The van der Waals surface area contributed by atoms with E-state index in [-0.39, 0.29) is 0 Å². The zero-order valence-electron chi connectivity index (χ0n) is 8.22. The highest BCUT2D eigenvalue weighted by Gasteiger charge is 2.16. The van der Waals surface area contributed by atoms with E-state index in [1.54, 1.807) is 0 Å². The van der Waals surface area contributed by atoms with Gasteiger partial charge in [-0.2, -0.15) is 0 Å². The van der Waals surface area contributed by atoms with Crippen LogP contribution in [0.1, 0.15) is 37.2 Å². The quantitative estimate of drug-likeness (QED) is 0.726. The smallest absolute Gasteiger partial charge is 0.0337 e. The van der Waals surface area contributed by atoms with Gasteiger partial charge >= 0.3 is 0 Å². The summed E-state index contributed by atoms with van der Waals surface area (Å²) in [5, 5.41) is 3.14. The van der Waals surface area contributed by atoms with E-state index in [2.05, 4.69) is 29.6 Å². The fourth-order valence-corrected chi connectivity index (χ4v) is 2.18. The van der Waals surface area contributed by atoms with Gasteiger partial charge in [0, 0.05) is 12.7 Å². The molecule has 70 valence electrons. The van der Waals surface area contributed by atoms with Crippen LogP contribution in [0.15, 0.2) is 24.3 Å². The summed E-state index contributed by atoms with van der Waals surface area (Å²) < 4.78 is 0. The Bertz CT molecular complexity index is 257. The predicted octanol–water partition coefficient (Wildman–Crippen LogP) is 3.39. The van der Waals surface area contributed by atoms with Crippen molar-refractivity contribution >= 4 is 5.69 Å². The van der Waals surface area contributed by atoms with Gasteiger partial charge in [0.25, 0.3) is 0 Å². The molecule has 0 aliphatic heterocycles. The van der Waals surface area contributed by atoms with Gasteiger partial charge in [-0.15, -0.1) is 0 Å². The summed E-state index contributed by atoms with van der Waals surface area (Å²) in [5.74, 6) is 0.839. The van der Waals surface area contributed by atoms with Crippen molar-refractivity contribution in [3.63, 3.8) is 0 Å². The fraction of sp³-hybridized carbons (Fsp3) is 0.500. The maximum absolute atomic E-state index is 3.14. The third-order valence-corrected chi connectivity index (χ3v) is 3.03. The van der Waals surface area contributed by atoms with Gasteiger partial charge in [-0.25, -0.2) is 0 Å². The lowest BCUT2D eigenvalue weighted by Crippen LogP contribution is -1.93. The Balaban J connectivity index is 2.12. The molecule has 1 saturated carbocycles. The Labute approximate surface area is 80.2 Å². The van der Waals surface area contributed by atoms with E-state index in [4.69, 9.17) is 0 Å². The number of nitrogens with one attached hydrogen (secondary N) is 1. The summed E-state index contributed by atoms with van der Waals surface area (Å²) in [5.41, 5.74) is 2.73. The minimum absolute atomic E-state index is 0.839. The van der Waals surface area contributed by atoms with Crippen molar-refractivity contribution in [1.82, 2.24) is 0 Å². The lowest BCUT2D eigenvalue weighted by Gasteiger charge is -2.09. The summed E-state index contributed by atoms with van der Waals surface area (Å²) in [7, 11) is 1.96. The summed E-state index contributed by atoms with van der Waals surface area (Å²) >= 11 is 0. The first-order chi connectivity index (χ1) is 6.40. The molecule has 0 amide bonds. The third kappa shape index (κ3) is 1.85. The molecule has 0 heterocycles. The lowest BCUT2D eigenvalue weighted by atomic mass is 9.98. The molecule has 1 aliphatic carbocycles. The van der Waals surface area contributed by atoms with Crippen LogP contribution in [0.3, 0.4) is 0 Å². The molecule has 13 heavy (non-hydrogen) atoms. The lowest BCUT2D eigenvalue weighted by molar-refractivity contribution is 0.723. The molecule has 1 aliphatic rings. The molecule has 1 heteroatoms. The first kappa shape index (κ1) is 8.61. The molecule has 0 radical (unpaired) electrons. The Morgan fingerprint density at radius 2 is 1.69 bits per heavy atom. The first-order valence-corrected chi connectivity index (χ1v) is 5.18. The van der Waals surface area contributed by atoms with Gasteiger partial charge in [0.15, 0.2) is 0 Å². The number of rotatable bonds is 2. The number of benzene rings is 1. The van der Waals surface area contributed by atoms with Crippen molar-refractivity contribution < 1.29 is 0 Å². The van der Waals surface area contributed by atoms with Crippen LogP contribution in [0.4, 0.5) is 5.69 Å². The summed E-state index contributed by atoms with van der Waals surface area (Å²) in [4.78, 5) is 0. The second-order valence-electron chi connectivity index (χ2n) is 3.85. The molecular formula is C12H17N. The van der Waals surface area contributed by atoms with Crippen LogP contribution >= 0.6 is 0 Å². The highest BCUT2D eigenvalue weighted by atomic mass is 14.8. The number of hydrogen-bond donors (Lipinski definition) is 1. The van der Waals surface area contributed by atoms with Crippen LogP contribution in [0.5, 0.6) is 0 Å². The highest BCUT2D eigenvalue weighted by molar-refractivity contribution is 5.44. The third-order valence-electron chi connectivity index (χ3n) is 3.03. The molecule has 0 bridgehead atoms. The van der Waals surface area contributed by atoms with Gasteiger partial charge in [-0.1, -0.05) is 25.0 Å². The standard InChI is InChI=1S/C12H17N/c1-13-12-8-6-11(7-9-12)10-4-2-3-5-10/h6-10,13H,2-5H2,1H3. The molecule has 1 nitrogen and oxygen atoms in total. The van der Waals surface area contributed by atoms with Crippen molar-refractivity contribution in [2.45, 2.75) is 31.6 Å². The topological polar surface area (TPSA) is 12.0 Å². The minimum atomic E-state index is 0.839. The second-order valence-corrected chi connectivity index (χ2v) is 3.85. The Morgan fingerprint density at radius 3 is 2.23 bits per heavy atom. The highest BCUT2D eigenvalue weighted by Crippen LogP contribution is 2.34. The minimum Gasteiger partial charge on any atom is -0.388 e. The summed E-state index contributed by atoms with van der Waals surface area (Å²) in [6.45, 7) is 0. The van der Waals surface area contributed by atoms with E-state index in [9.17, 15) is 0 Å². The van der Waals surface area contributed by atoms with E-state index in [1.165, 1.54) is 36.9 Å². The predicted molar refractivity (Wildman–Crippen MR) is 57.2 cm³/mol. The number of hydrogen-bond acceptors (Lipinski definition) is 1. The normalized spacial score (nSPS) is 17.6. The van der Waals surface area contributed by atoms with Gasteiger partial charge in [0.05, 0.1) is 0 Å². The van der Waals surface area contributed by atoms with E-state index in [0.717, 1.165) is 5.92 Å². The SMILES string of the molecule is CNc1ccc(C2CCCC2)cc1. The van der Waals surface area contributed by atoms with Crippen LogP contribution < -0.4 is 5.32 Å². The van der Waals surface area contributed by atoms with Crippen LogP contribution in [-0.2, 0) is 0 Å². The molecular weight excluding hydrogens is 158 g/mol. The number of anilines is 1. The molecule has 0 unspecified atom stereocenters. The fourth-order valence-electron chi connectivity index (χ4n) is 2.18. The van der Waals surface area contributed by atoms with Gasteiger partial charge in [0.1, 0.15) is 0 Å². The molecule has 1 N–H and O–H groups in total. The Hall–Kier alpha value is -0.980. The molecule has 0 spiro atoms. The average molecular weight is 175 g/mol. The summed E-state index contributed by atoms with van der Waals surface area (Å²) in [6, 6.07) is 8.88. The van der Waals surface area contributed by atoms with Crippen LogP contribution in [-0.4, -0.2) is 7.05 Å². The zero-order chi connectivity index (χ0) is 9.10. The second kappa shape index (κ2) is 3.82. The maximum atomic E-state index is 3.14. The first-order valence-electron chi connectivity index (χ1n) is 5.18. The van der Waals surface area contributed by atoms with Gasteiger partial charge in [0.2, 0.25) is 0 Å². The average Bonchev–Trinajstić information content (AvgIpc) is 2.71. The van der Waals surface area contributed by atoms with Gasteiger partial charge in [-0.3, -0.25) is 0 Å². The van der Waals surface area contributed by atoms with Crippen LogP contribution in [0.2, 0.25) is 0 Å². The molecule has 1 fully saturated rings. The molecule has 1 aromatic rings.